The largest absolute Gasteiger partial charge is 0.381 e. The van der Waals surface area contributed by atoms with Gasteiger partial charge in [0.25, 0.3) is 0 Å². The van der Waals surface area contributed by atoms with Gasteiger partial charge in [0, 0.05) is 22.3 Å². The number of nitrogens with zero attached hydrogens (tertiary/aromatic N) is 1. The van der Waals surface area contributed by atoms with Crippen molar-refractivity contribution in [3.05, 3.63) is 70.3 Å². The van der Waals surface area contributed by atoms with Gasteiger partial charge < -0.3 is 5.32 Å². The minimum Gasteiger partial charge on any atom is -0.381 e. The van der Waals surface area contributed by atoms with Crippen LogP contribution in [0.4, 0.5) is 5.69 Å². The molecule has 3 nitrogen and oxygen atoms in total. The molecule has 0 aliphatic heterocycles. The number of aromatic amines is 1. The van der Waals surface area contributed by atoms with E-state index >= 15 is 0 Å². The molecule has 1 aromatic heterocycles. The number of hydrogen-bond donors (Lipinski definition) is 2. The number of nitrogens with one attached hydrogen (secondary N) is 2. The van der Waals surface area contributed by atoms with E-state index in [4.69, 9.17) is 0 Å². The second-order valence-electron chi connectivity index (χ2n) is 4.95. The third-order valence-corrected chi connectivity index (χ3v) is 4.31. The molecule has 0 bridgehead atoms. The summed E-state index contributed by atoms with van der Waals surface area (Å²) in [5.41, 5.74) is 5.70. The van der Waals surface area contributed by atoms with Gasteiger partial charge in [-0.05, 0) is 36.2 Å². The van der Waals surface area contributed by atoms with Gasteiger partial charge in [-0.2, -0.15) is 5.10 Å². The van der Waals surface area contributed by atoms with Crippen LogP contribution >= 0.6 is 15.9 Å². The normalized spacial score (nSPS) is 10.6. The number of aryl methyl sites for hydroxylation is 1. The molecule has 0 atom stereocenters. The van der Waals surface area contributed by atoms with Crippen LogP contribution in [-0.2, 0) is 6.54 Å². The number of anilines is 1. The summed E-state index contributed by atoms with van der Waals surface area (Å²) >= 11 is 3.52. The summed E-state index contributed by atoms with van der Waals surface area (Å²) in [6, 6.07) is 16.5. The molecule has 2 N–H and O–H groups in total. The molecule has 1 heterocycles. The van der Waals surface area contributed by atoms with Gasteiger partial charge in [0.15, 0.2) is 0 Å². The third-order valence-electron chi connectivity index (χ3n) is 3.42. The standard InChI is InChI=1S/C17H16BrN3/c1-12-9-15(7-8-16(12)18)19-10-14-11-20-21-17(14)13-5-3-2-4-6-13/h2-9,11,19H,10H2,1H3,(H,20,21). The molecule has 4 heteroatoms. The highest BCUT2D eigenvalue weighted by Gasteiger charge is 2.07. The Kier molecular flexibility index (Phi) is 4.06. The van der Waals surface area contributed by atoms with E-state index in [9.17, 15) is 0 Å². The summed E-state index contributed by atoms with van der Waals surface area (Å²) < 4.78 is 1.13. The quantitative estimate of drug-likeness (QED) is 0.718. The van der Waals surface area contributed by atoms with E-state index in [2.05, 4.69) is 68.7 Å². The zero-order valence-electron chi connectivity index (χ0n) is 11.7. The van der Waals surface area contributed by atoms with Crippen molar-refractivity contribution in [3.63, 3.8) is 0 Å². The fourth-order valence-corrected chi connectivity index (χ4v) is 2.50. The zero-order chi connectivity index (χ0) is 14.7. The van der Waals surface area contributed by atoms with Gasteiger partial charge >= 0.3 is 0 Å². The molecule has 0 unspecified atom stereocenters. The molecule has 0 spiro atoms. The molecule has 2 aromatic carbocycles. The third kappa shape index (κ3) is 3.16. The Morgan fingerprint density at radius 2 is 1.95 bits per heavy atom. The fraction of sp³-hybridized carbons (Fsp3) is 0.118. The fourth-order valence-electron chi connectivity index (χ4n) is 2.25. The monoisotopic (exact) mass is 341 g/mol. The van der Waals surface area contributed by atoms with E-state index in [1.54, 1.807) is 0 Å². The molecule has 0 saturated heterocycles. The lowest BCUT2D eigenvalue weighted by Crippen LogP contribution is -2.00. The van der Waals surface area contributed by atoms with Gasteiger partial charge in [-0.3, -0.25) is 5.10 Å². The second-order valence-corrected chi connectivity index (χ2v) is 5.81. The lowest BCUT2D eigenvalue weighted by Gasteiger charge is -2.08. The molecule has 3 rings (SSSR count). The summed E-state index contributed by atoms with van der Waals surface area (Å²) in [6.07, 6.45) is 1.88. The van der Waals surface area contributed by atoms with Crippen LogP contribution in [0.5, 0.6) is 0 Å². The first-order valence-electron chi connectivity index (χ1n) is 6.82. The van der Waals surface area contributed by atoms with Crippen molar-refractivity contribution in [2.24, 2.45) is 0 Å². The zero-order valence-corrected chi connectivity index (χ0v) is 13.3. The summed E-state index contributed by atoms with van der Waals surface area (Å²) in [6.45, 7) is 2.82. The molecule has 0 aliphatic carbocycles. The van der Waals surface area contributed by atoms with Crippen LogP contribution in [0.25, 0.3) is 11.3 Å². The first-order chi connectivity index (χ1) is 10.2. The van der Waals surface area contributed by atoms with Gasteiger partial charge in [-0.15, -0.1) is 0 Å². The smallest absolute Gasteiger partial charge is 0.0700 e. The van der Waals surface area contributed by atoms with Crippen molar-refractivity contribution >= 4 is 21.6 Å². The molecule has 106 valence electrons. The SMILES string of the molecule is Cc1cc(NCc2cn[nH]c2-c2ccccc2)ccc1Br. The summed E-state index contributed by atoms with van der Waals surface area (Å²) in [4.78, 5) is 0. The highest BCUT2D eigenvalue weighted by Crippen LogP contribution is 2.23. The summed E-state index contributed by atoms with van der Waals surface area (Å²) in [5, 5.41) is 10.7. The van der Waals surface area contributed by atoms with Crippen LogP contribution in [0.15, 0.2) is 59.2 Å². The van der Waals surface area contributed by atoms with Gasteiger partial charge in [0.1, 0.15) is 0 Å². The predicted octanol–water partition coefficient (Wildman–Crippen LogP) is 4.76. The van der Waals surface area contributed by atoms with E-state index in [0.29, 0.717) is 0 Å². The lowest BCUT2D eigenvalue weighted by atomic mass is 10.1. The van der Waals surface area contributed by atoms with Crippen LogP contribution in [0.1, 0.15) is 11.1 Å². The predicted molar refractivity (Wildman–Crippen MR) is 90.2 cm³/mol. The van der Waals surface area contributed by atoms with Gasteiger partial charge in [0.2, 0.25) is 0 Å². The average molecular weight is 342 g/mol. The van der Waals surface area contributed by atoms with E-state index in [1.807, 2.05) is 24.4 Å². The molecular weight excluding hydrogens is 326 g/mol. The van der Waals surface area contributed by atoms with Crippen LogP contribution in [-0.4, -0.2) is 10.2 Å². The first-order valence-corrected chi connectivity index (χ1v) is 7.61. The van der Waals surface area contributed by atoms with E-state index in [0.717, 1.165) is 33.5 Å². The molecule has 0 amide bonds. The van der Waals surface area contributed by atoms with Gasteiger partial charge in [-0.1, -0.05) is 46.3 Å². The topological polar surface area (TPSA) is 40.7 Å². The van der Waals surface area contributed by atoms with E-state index < -0.39 is 0 Å². The summed E-state index contributed by atoms with van der Waals surface area (Å²) in [5.74, 6) is 0. The lowest BCUT2D eigenvalue weighted by molar-refractivity contribution is 1.10. The molecule has 0 radical (unpaired) electrons. The van der Waals surface area contributed by atoms with Crippen LogP contribution in [0, 0.1) is 6.92 Å². The Labute approximate surface area is 132 Å². The van der Waals surface area contributed by atoms with Crippen molar-refractivity contribution in [1.82, 2.24) is 10.2 Å². The number of benzene rings is 2. The Hall–Kier alpha value is -2.07. The molecule has 21 heavy (non-hydrogen) atoms. The maximum Gasteiger partial charge on any atom is 0.0700 e. The number of rotatable bonds is 4. The van der Waals surface area contributed by atoms with Crippen molar-refractivity contribution in [2.75, 3.05) is 5.32 Å². The second kappa shape index (κ2) is 6.14. The van der Waals surface area contributed by atoms with Crippen molar-refractivity contribution in [1.29, 1.82) is 0 Å². The van der Waals surface area contributed by atoms with Crippen LogP contribution in [0.2, 0.25) is 0 Å². The van der Waals surface area contributed by atoms with Gasteiger partial charge in [-0.25, -0.2) is 0 Å². The first kappa shape index (κ1) is 13.9. The Morgan fingerprint density at radius 3 is 2.71 bits per heavy atom. The number of H-pyrrole nitrogens is 1. The Bertz CT molecular complexity index is 735. The molecule has 3 aromatic rings. The number of aromatic nitrogens is 2. The van der Waals surface area contributed by atoms with Crippen molar-refractivity contribution < 1.29 is 0 Å². The molecule has 0 saturated carbocycles. The van der Waals surface area contributed by atoms with E-state index in [1.165, 1.54) is 5.56 Å². The average Bonchev–Trinajstić information content (AvgIpc) is 2.98. The van der Waals surface area contributed by atoms with E-state index in [-0.39, 0.29) is 0 Å². The minimum absolute atomic E-state index is 0.738. The van der Waals surface area contributed by atoms with Crippen LogP contribution in [0.3, 0.4) is 0 Å². The maximum atomic E-state index is 4.17. The number of hydrogen-bond acceptors (Lipinski definition) is 2. The van der Waals surface area contributed by atoms with Crippen LogP contribution < -0.4 is 5.32 Å². The van der Waals surface area contributed by atoms with Crippen molar-refractivity contribution in [3.8, 4) is 11.3 Å². The maximum absolute atomic E-state index is 4.17. The molecule has 0 aliphatic rings. The minimum atomic E-state index is 0.738. The Balaban J connectivity index is 1.77. The Morgan fingerprint density at radius 1 is 1.14 bits per heavy atom. The molecular formula is C17H16BrN3. The number of halogens is 1. The highest BCUT2D eigenvalue weighted by molar-refractivity contribution is 9.10. The highest BCUT2D eigenvalue weighted by atomic mass is 79.9. The summed E-state index contributed by atoms with van der Waals surface area (Å²) in [7, 11) is 0. The molecule has 0 fully saturated rings. The van der Waals surface area contributed by atoms with Gasteiger partial charge in [0.05, 0.1) is 11.9 Å². The van der Waals surface area contributed by atoms with Crippen molar-refractivity contribution in [2.45, 2.75) is 13.5 Å².